The van der Waals surface area contributed by atoms with Gasteiger partial charge in [0.15, 0.2) is 6.10 Å². The Morgan fingerprint density at radius 3 is 2.60 bits per heavy atom. The third-order valence-electron chi connectivity index (χ3n) is 2.93. The molecule has 1 heterocycles. The Hall–Kier alpha value is -1.85. The minimum atomic E-state index is -2.09. The fraction of sp³-hybridized carbons (Fsp3) is 0.286. The maximum Gasteiger partial charge on any atom is 0.347 e. The van der Waals surface area contributed by atoms with Crippen LogP contribution in [0.25, 0.3) is 0 Å². The predicted octanol–water partition coefficient (Wildman–Crippen LogP) is 1.57. The van der Waals surface area contributed by atoms with Gasteiger partial charge in [-0.2, -0.15) is 0 Å². The first-order chi connectivity index (χ1) is 9.48. The number of hydrogen-bond donors (Lipinski definition) is 1. The zero-order chi connectivity index (χ0) is 14.8. The first kappa shape index (κ1) is 14.6. The molecule has 20 heavy (non-hydrogen) atoms. The van der Waals surface area contributed by atoms with Crippen molar-refractivity contribution in [3.05, 3.63) is 47.0 Å². The molecule has 2 atom stereocenters. The van der Waals surface area contributed by atoms with Gasteiger partial charge in [-0.3, -0.25) is 0 Å². The summed E-state index contributed by atoms with van der Waals surface area (Å²) in [5.41, 5.74) is -1.85. The molecule has 0 aliphatic carbocycles. The quantitative estimate of drug-likeness (QED) is 0.854. The van der Waals surface area contributed by atoms with E-state index in [9.17, 15) is 14.7 Å². The summed E-state index contributed by atoms with van der Waals surface area (Å²) >= 11 is 5.79. The smallest absolute Gasteiger partial charge is 0.347 e. The third kappa shape index (κ3) is 2.55. The second-order valence-corrected chi connectivity index (χ2v) is 4.65. The summed E-state index contributed by atoms with van der Waals surface area (Å²) in [6, 6.07) is 6.03. The summed E-state index contributed by atoms with van der Waals surface area (Å²) in [5, 5.41) is 11.2. The summed E-state index contributed by atoms with van der Waals surface area (Å²) in [7, 11) is 0. The summed E-state index contributed by atoms with van der Waals surface area (Å²) in [4.78, 5) is 23.3. The van der Waals surface area contributed by atoms with Gasteiger partial charge in [0.25, 0.3) is 0 Å². The molecular formula is C14H13ClO5. The maximum atomic E-state index is 12.1. The molecule has 106 valence electrons. The van der Waals surface area contributed by atoms with Gasteiger partial charge < -0.3 is 14.6 Å². The van der Waals surface area contributed by atoms with E-state index in [-0.39, 0.29) is 12.2 Å². The minimum Gasteiger partial charge on any atom is -0.463 e. The molecule has 0 bridgehead atoms. The van der Waals surface area contributed by atoms with Gasteiger partial charge in [-0.1, -0.05) is 23.7 Å². The monoisotopic (exact) mass is 296 g/mol. The fourth-order valence-corrected chi connectivity index (χ4v) is 2.06. The van der Waals surface area contributed by atoms with E-state index in [2.05, 4.69) is 0 Å². The van der Waals surface area contributed by atoms with Crippen molar-refractivity contribution in [3.8, 4) is 0 Å². The molecule has 0 saturated carbocycles. The lowest BCUT2D eigenvalue weighted by Crippen LogP contribution is -2.47. The molecule has 1 aliphatic heterocycles. The highest BCUT2D eigenvalue weighted by atomic mass is 35.5. The average molecular weight is 297 g/mol. The summed E-state index contributed by atoms with van der Waals surface area (Å²) in [6.45, 7) is 1.72. The van der Waals surface area contributed by atoms with Gasteiger partial charge in [0, 0.05) is 11.1 Å². The van der Waals surface area contributed by atoms with Crippen molar-refractivity contribution in [2.24, 2.45) is 0 Å². The molecule has 2 rings (SSSR count). The highest BCUT2D eigenvalue weighted by Gasteiger charge is 2.49. The molecule has 1 N–H and O–H groups in total. The topological polar surface area (TPSA) is 72.8 Å². The molecule has 6 heteroatoms. The van der Waals surface area contributed by atoms with Crippen molar-refractivity contribution >= 4 is 23.5 Å². The Labute approximate surface area is 120 Å². The normalized spacial score (nSPS) is 20.4. The lowest BCUT2D eigenvalue weighted by Gasteiger charge is -2.30. The van der Waals surface area contributed by atoms with Crippen LogP contribution in [0.4, 0.5) is 0 Å². The Morgan fingerprint density at radius 2 is 2.10 bits per heavy atom. The number of esters is 2. The van der Waals surface area contributed by atoms with E-state index in [0.717, 1.165) is 6.08 Å². The Morgan fingerprint density at radius 1 is 1.45 bits per heavy atom. The van der Waals surface area contributed by atoms with Crippen LogP contribution in [-0.2, 0) is 24.7 Å². The molecule has 0 radical (unpaired) electrons. The number of rotatable bonds is 4. The number of aliphatic hydroxyl groups is 1. The van der Waals surface area contributed by atoms with Crippen LogP contribution in [0.15, 0.2) is 36.4 Å². The predicted molar refractivity (Wildman–Crippen MR) is 71.0 cm³/mol. The van der Waals surface area contributed by atoms with Crippen molar-refractivity contribution in [2.75, 3.05) is 6.61 Å². The minimum absolute atomic E-state index is 0.0963. The molecular weight excluding hydrogens is 284 g/mol. The van der Waals surface area contributed by atoms with Crippen molar-refractivity contribution in [3.63, 3.8) is 0 Å². The van der Waals surface area contributed by atoms with Gasteiger partial charge in [0.2, 0.25) is 5.60 Å². The summed E-state index contributed by atoms with van der Waals surface area (Å²) in [5.74, 6) is -1.50. The van der Waals surface area contributed by atoms with Gasteiger partial charge in [-0.25, -0.2) is 9.59 Å². The van der Waals surface area contributed by atoms with Crippen molar-refractivity contribution in [1.82, 2.24) is 0 Å². The van der Waals surface area contributed by atoms with Gasteiger partial charge in [0.1, 0.15) is 0 Å². The molecule has 1 aliphatic rings. The molecule has 0 saturated heterocycles. The Balaban J connectivity index is 2.43. The van der Waals surface area contributed by atoms with Crippen LogP contribution in [0.5, 0.6) is 0 Å². The van der Waals surface area contributed by atoms with E-state index >= 15 is 0 Å². The zero-order valence-electron chi connectivity index (χ0n) is 10.7. The van der Waals surface area contributed by atoms with Crippen LogP contribution in [0, 0.1) is 0 Å². The van der Waals surface area contributed by atoms with Gasteiger partial charge in [0.05, 0.1) is 6.61 Å². The highest BCUT2D eigenvalue weighted by molar-refractivity contribution is 6.30. The lowest BCUT2D eigenvalue weighted by atomic mass is 9.88. The Bertz CT molecular complexity index is 551. The number of ether oxygens (including phenoxy) is 2. The zero-order valence-corrected chi connectivity index (χ0v) is 11.5. The number of cyclic esters (lactones) is 1. The Kier molecular flexibility index (Phi) is 4.11. The van der Waals surface area contributed by atoms with Crippen molar-refractivity contribution in [1.29, 1.82) is 0 Å². The fourth-order valence-electron chi connectivity index (χ4n) is 1.94. The van der Waals surface area contributed by atoms with Crippen LogP contribution < -0.4 is 0 Å². The first-order valence-corrected chi connectivity index (χ1v) is 6.40. The van der Waals surface area contributed by atoms with Gasteiger partial charge in [-0.05, 0) is 30.7 Å². The largest absolute Gasteiger partial charge is 0.463 e. The third-order valence-corrected chi connectivity index (χ3v) is 3.18. The van der Waals surface area contributed by atoms with Crippen LogP contribution in [-0.4, -0.2) is 29.8 Å². The van der Waals surface area contributed by atoms with E-state index in [4.69, 9.17) is 21.1 Å². The number of hydrogen-bond acceptors (Lipinski definition) is 5. The second-order valence-electron chi connectivity index (χ2n) is 4.21. The molecule has 0 spiro atoms. The van der Waals surface area contributed by atoms with Crippen LogP contribution >= 0.6 is 11.6 Å². The molecule has 0 aromatic heterocycles. The first-order valence-electron chi connectivity index (χ1n) is 6.03. The number of halogens is 1. The molecule has 1 aromatic carbocycles. The molecule has 1 aromatic rings. The molecule has 0 fully saturated rings. The molecule has 0 unspecified atom stereocenters. The molecule has 0 amide bonds. The van der Waals surface area contributed by atoms with Crippen LogP contribution in [0.2, 0.25) is 5.02 Å². The van der Waals surface area contributed by atoms with Crippen molar-refractivity contribution in [2.45, 2.75) is 18.6 Å². The van der Waals surface area contributed by atoms with E-state index < -0.39 is 23.6 Å². The summed E-state index contributed by atoms with van der Waals surface area (Å²) < 4.78 is 9.84. The number of carbonyl (C=O) groups is 2. The van der Waals surface area contributed by atoms with Gasteiger partial charge in [-0.15, -0.1) is 0 Å². The summed E-state index contributed by atoms with van der Waals surface area (Å²) in [6.07, 6.45) is 1.36. The van der Waals surface area contributed by atoms with E-state index in [1.54, 1.807) is 6.92 Å². The number of benzene rings is 1. The standard InChI is InChI=1S/C14H13ClO5/c1-2-19-13(17)14(18,11-7-8-12(16)20-11)9-3-5-10(15)6-4-9/h3-8,11,18H,2H2,1H3/t11-,14+/m1/s1. The van der Waals surface area contributed by atoms with E-state index in [1.807, 2.05) is 0 Å². The second kappa shape index (κ2) is 5.64. The van der Waals surface area contributed by atoms with E-state index in [0.29, 0.717) is 5.02 Å². The lowest BCUT2D eigenvalue weighted by molar-refractivity contribution is -0.181. The average Bonchev–Trinajstić information content (AvgIpc) is 2.86. The van der Waals surface area contributed by atoms with Crippen LogP contribution in [0.1, 0.15) is 12.5 Å². The SMILES string of the molecule is CCOC(=O)[C@](O)(c1ccc(Cl)cc1)[C@H]1C=CC(=O)O1. The highest BCUT2D eigenvalue weighted by Crippen LogP contribution is 2.32. The van der Waals surface area contributed by atoms with Gasteiger partial charge >= 0.3 is 11.9 Å². The van der Waals surface area contributed by atoms with E-state index in [1.165, 1.54) is 30.3 Å². The van der Waals surface area contributed by atoms with Crippen molar-refractivity contribution < 1.29 is 24.2 Å². The van der Waals surface area contributed by atoms with Crippen LogP contribution in [0.3, 0.4) is 0 Å². The number of carbonyl (C=O) groups excluding carboxylic acids is 2. The molecule has 5 nitrogen and oxygen atoms in total. The maximum absolute atomic E-state index is 12.1.